The molecule has 21 heavy (non-hydrogen) atoms. The van der Waals surface area contributed by atoms with Crippen molar-refractivity contribution in [1.82, 2.24) is 15.6 Å². The number of nitrogens with one attached hydrogen (secondary N) is 3. The van der Waals surface area contributed by atoms with Gasteiger partial charge in [-0.05, 0) is 63.7 Å². The largest absolute Gasteiger partial charge is 0.356 e. The first-order valence-corrected chi connectivity index (χ1v) is 7.66. The first-order chi connectivity index (χ1) is 10.0. The zero-order chi connectivity index (χ0) is 15.4. The van der Waals surface area contributed by atoms with Gasteiger partial charge in [0.2, 0.25) is 5.91 Å². The summed E-state index contributed by atoms with van der Waals surface area (Å²) in [5.74, 6) is 0.581. The van der Waals surface area contributed by atoms with Crippen molar-refractivity contribution in [3.8, 4) is 0 Å². The molecule has 1 saturated heterocycles. The summed E-state index contributed by atoms with van der Waals surface area (Å²) >= 11 is 0. The SMILES string of the molecule is Cc1[nH]c(C=O)c(C)c1CC(=O)NC(C)C1CCNCC1. The van der Waals surface area contributed by atoms with E-state index in [9.17, 15) is 9.59 Å². The highest BCUT2D eigenvalue weighted by Crippen LogP contribution is 2.19. The van der Waals surface area contributed by atoms with Crippen LogP contribution in [0.15, 0.2) is 0 Å². The van der Waals surface area contributed by atoms with E-state index in [1.165, 1.54) is 0 Å². The quantitative estimate of drug-likeness (QED) is 0.720. The average molecular weight is 291 g/mol. The Hall–Kier alpha value is -1.62. The Morgan fingerprint density at radius 2 is 2.05 bits per heavy atom. The first-order valence-electron chi connectivity index (χ1n) is 7.66. The van der Waals surface area contributed by atoms with Gasteiger partial charge in [0, 0.05) is 11.7 Å². The summed E-state index contributed by atoms with van der Waals surface area (Å²) in [6.45, 7) is 7.93. The van der Waals surface area contributed by atoms with Crippen molar-refractivity contribution in [1.29, 1.82) is 0 Å². The standard InChI is InChI=1S/C16H25N3O2/c1-10-14(12(3)18-15(10)9-20)8-16(21)19-11(2)13-4-6-17-7-5-13/h9,11,13,17-18H,4-8H2,1-3H3,(H,19,21). The van der Waals surface area contributed by atoms with Crippen LogP contribution in [-0.2, 0) is 11.2 Å². The van der Waals surface area contributed by atoms with Crippen molar-refractivity contribution in [2.75, 3.05) is 13.1 Å². The molecule has 0 spiro atoms. The Balaban J connectivity index is 1.95. The minimum Gasteiger partial charge on any atom is -0.356 e. The summed E-state index contributed by atoms with van der Waals surface area (Å²) < 4.78 is 0. The molecule has 0 aliphatic carbocycles. The second-order valence-corrected chi connectivity index (χ2v) is 6.01. The highest BCUT2D eigenvalue weighted by Gasteiger charge is 2.22. The van der Waals surface area contributed by atoms with E-state index in [0.29, 0.717) is 18.0 Å². The molecule has 5 nitrogen and oxygen atoms in total. The third-order valence-corrected chi connectivity index (χ3v) is 4.57. The predicted octanol–water partition coefficient (Wildman–Crippen LogP) is 1.49. The number of amides is 1. The van der Waals surface area contributed by atoms with Gasteiger partial charge >= 0.3 is 0 Å². The molecule has 1 aromatic rings. The fraction of sp³-hybridized carbons (Fsp3) is 0.625. The van der Waals surface area contributed by atoms with E-state index in [2.05, 4.69) is 22.5 Å². The first kappa shape index (κ1) is 15.8. The Kier molecular flexibility index (Phi) is 5.17. The maximum atomic E-state index is 12.2. The van der Waals surface area contributed by atoms with E-state index in [0.717, 1.165) is 49.0 Å². The summed E-state index contributed by atoms with van der Waals surface area (Å²) in [4.78, 5) is 26.2. The van der Waals surface area contributed by atoms with Gasteiger partial charge in [-0.2, -0.15) is 0 Å². The van der Waals surface area contributed by atoms with Crippen molar-refractivity contribution in [3.05, 3.63) is 22.5 Å². The van der Waals surface area contributed by atoms with Crippen LogP contribution in [0.3, 0.4) is 0 Å². The number of aldehydes is 1. The normalized spacial score (nSPS) is 17.5. The molecule has 0 bridgehead atoms. The van der Waals surface area contributed by atoms with Crippen LogP contribution >= 0.6 is 0 Å². The highest BCUT2D eigenvalue weighted by molar-refractivity contribution is 5.82. The summed E-state index contributed by atoms with van der Waals surface area (Å²) in [6, 6.07) is 0.199. The lowest BCUT2D eigenvalue weighted by molar-refractivity contribution is -0.121. The number of carbonyl (C=O) groups excluding carboxylic acids is 2. The van der Waals surface area contributed by atoms with Gasteiger partial charge in [-0.1, -0.05) is 0 Å². The number of aromatic amines is 1. The molecule has 1 amide bonds. The van der Waals surface area contributed by atoms with Crippen molar-refractivity contribution in [2.24, 2.45) is 5.92 Å². The number of carbonyl (C=O) groups is 2. The number of hydrogen-bond acceptors (Lipinski definition) is 3. The molecule has 2 rings (SSSR count). The molecule has 3 N–H and O–H groups in total. The van der Waals surface area contributed by atoms with Crippen molar-refractivity contribution < 1.29 is 9.59 Å². The molecule has 2 heterocycles. The van der Waals surface area contributed by atoms with Gasteiger partial charge < -0.3 is 15.6 Å². The topological polar surface area (TPSA) is 74.0 Å². The van der Waals surface area contributed by atoms with E-state index < -0.39 is 0 Å². The van der Waals surface area contributed by atoms with Crippen LogP contribution in [0.5, 0.6) is 0 Å². The minimum atomic E-state index is 0.0312. The molecule has 5 heteroatoms. The van der Waals surface area contributed by atoms with Crippen LogP contribution in [0.1, 0.15) is 47.1 Å². The summed E-state index contributed by atoms with van der Waals surface area (Å²) in [7, 11) is 0. The van der Waals surface area contributed by atoms with Gasteiger partial charge in [0.1, 0.15) is 0 Å². The lowest BCUT2D eigenvalue weighted by atomic mass is 9.91. The van der Waals surface area contributed by atoms with Crippen molar-refractivity contribution in [2.45, 2.75) is 46.1 Å². The van der Waals surface area contributed by atoms with Crippen LogP contribution in [0.2, 0.25) is 0 Å². The van der Waals surface area contributed by atoms with Gasteiger partial charge in [-0.15, -0.1) is 0 Å². The maximum absolute atomic E-state index is 12.2. The zero-order valence-electron chi connectivity index (χ0n) is 13.1. The number of piperidine rings is 1. The van der Waals surface area contributed by atoms with E-state index in [-0.39, 0.29) is 11.9 Å². The lowest BCUT2D eigenvalue weighted by Crippen LogP contribution is -2.43. The molecule has 0 radical (unpaired) electrons. The van der Waals surface area contributed by atoms with Crippen molar-refractivity contribution >= 4 is 12.2 Å². The van der Waals surface area contributed by atoms with E-state index >= 15 is 0 Å². The Morgan fingerprint density at radius 1 is 1.38 bits per heavy atom. The maximum Gasteiger partial charge on any atom is 0.224 e. The molecule has 0 saturated carbocycles. The fourth-order valence-electron chi connectivity index (χ4n) is 3.13. The summed E-state index contributed by atoms with van der Waals surface area (Å²) in [5, 5.41) is 6.45. The summed E-state index contributed by atoms with van der Waals surface area (Å²) in [6.07, 6.45) is 3.36. The second-order valence-electron chi connectivity index (χ2n) is 6.01. The Labute approximate surface area is 125 Å². The molecule has 1 atom stereocenters. The number of H-pyrrole nitrogens is 1. The van der Waals surface area contributed by atoms with Crippen LogP contribution in [-0.4, -0.2) is 36.3 Å². The fourth-order valence-corrected chi connectivity index (χ4v) is 3.13. The monoisotopic (exact) mass is 291 g/mol. The lowest BCUT2D eigenvalue weighted by Gasteiger charge is -2.28. The molecule has 0 aromatic carbocycles. The smallest absolute Gasteiger partial charge is 0.224 e. The average Bonchev–Trinajstić information content (AvgIpc) is 2.75. The molecule has 1 aliphatic rings. The van der Waals surface area contributed by atoms with Crippen LogP contribution in [0, 0.1) is 19.8 Å². The second kappa shape index (κ2) is 6.89. The van der Waals surface area contributed by atoms with Gasteiger partial charge in [0.25, 0.3) is 0 Å². The molecular weight excluding hydrogens is 266 g/mol. The van der Waals surface area contributed by atoms with E-state index in [1.54, 1.807) is 0 Å². The summed E-state index contributed by atoms with van der Waals surface area (Å²) in [5.41, 5.74) is 3.29. The van der Waals surface area contributed by atoms with E-state index in [1.807, 2.05) is 13.8 Å². The van der Waals surface area contributed by atoms with Gasteiger partial charge in [-0.25, -0.2) is 0 Å². The number of rotatable bonds is 5. The Bertz CT molecular complexity index is 516. The van der Waals surface area contributed by atoms with Gasteiger partial charge in [0.15, 0.2) is 6.29 Å². The number of hydrogen-bond donors (Lipinski definition) is 3. The molecule has 1 aromatic heterocycles. The number of aromatic nitrogens is 1. The van der Waals surface area contributed by atoms with Crippen LogP contribution in [0.25, 0.3) is 0 Å². The van der Waals surface area contributed by atoms with E-state index in [4.69, 9.17) is 0 Å². The van der Waals surface area contributed by atoms with Crippen molar-refractivity contribution in [3.63, 3.8) is 0 Å². The zero-order valence-corrected chi connectivity index (χ0v) is 13.1. The molecule has 1 aliphatic heterocycles. The van der Waals surface area contributed by atoms with Gasteiger partial charge in [0.05, 0.1) is 12.1 Å². The molecule has 1 unspecified atom stereocenters. The van der Waals surface area contributed by atoms with Crippen LogP contribution in [0.4, 0.5) is 0 Å². The molecule has 116 valence electrons. The number of aryl methyl sites for hydroxylation is 1. The minimum absolute atomic E-state index is 0.0312. The van der Waals surface area contributed by atoms with Crippen LogP contribution < -0.4 is 10.6 Å². The van der Waals surface area contributed by atoms with Gasteiger partial charge in [-0.3, -0.25) is 9.59 Å². The highest BCUT2D eigenvalue weighted by atomic mass is 16.1. The molecule has 1 fully saturated rings. The Morgan fingerprint density at radius 3 is 2.62 bits per heavy atom. The third-order valence-electron chi connectivity index (χ3n) is 4.57. The molecular formula is C16H25N3O2. The predicted molar refractivity (Wildman–Crippen MR) is 82.6 cm³/mol. The third kappa shape index (κ3) is 3.73.